The molecule has 18 heteroatoms. The van der Waals surface area contributed by atoms with Crippen molar-refractivity contribution >= 4 is 47.2 Å². The Kier molecular flexibility index (Phi) is 13.1. The van der Waals surface area contributed by atoms with Crippen LogP contribution in [0.25, 0.3) is 33.6 Å². The second-order valence-corrected chi connectivity index (χ2v) is 18.2. The van der Waals surface area contributed by atoms with Gasteiger partial charge in [0.1, 0.15) is 51.5 Å². The molecular weight excluding hydrogens is 875 g/mol. The van der Waals surface area contributed by atoms with E-state index in [1.54, 1.807) is 4.90 Å². The third kappa shape index (κ3) is 8.91. The number of ether oxygens (including phenoxy) is 4. The molecule has 4 fully saturated rings. The van der Waals surface area contributed by atoms with Gasteiger partial charge in [-0.2, -0.15) is 0 Å². The van der Waals surface area contributed by atoms with Gasteiger partial charge in [-0.05, 0) is 63.0 Å². The molecule has 5 aliphatic rings. The number of benzene rings is 2. The Balaban J connectivity index is 0.896. The highest BCUT2D eigenvalue weighted by Gasteiger charge is 2.51. The normalized spacial score (nSPS) is 25.6. The molecule has 9 atom stereocenters. The Hall–Kier alpha value is -5.60. The third-order valence-corrected chi connectivity index (χ3v) is 14.1. The summed E-state index contributed by atoms with van der Waals surface area (Å²) in [7, 11) is 2.56. The van der Waals surface area contributed by atoms with Crippen LogP contribution in [0.3, 0.4) is 0 Å². The van der Waals surface area contributed by atoms with Crippen LogP contribution in [0.4, 0.5) is 9.59 Å². The molecule has 2 aromatic carbocycles. The van der Waals surface area contributed by atoms with Crippen molar-refractivity contribution in [2.24, 2.45) is 17.8 Å². The van der Waals surface area contributed by atoms with Gasteiger partial charge < -0.3 is 49.3 Å². The van der Waals surface area contributed by atoms with Crippen LogP contribution in [0.15, 0.2) is 48.5 Å². The summed E-state index contributed by atoms with van der Waals surface area (Å²) in [5, 5.41) is 6.28. The van der Waals surface area contributed by atoms with Crippen molar-refractivity contribution in [3.05, 3.63) is 70.5 Å². The molecule has 0 bridgehead atoms. The smallest absolute Gasteiger partial charge is 0.407 e. The van der Waals surface area contributed by atoms with Crippen molar-refractivity contribution in [3.8, 4) is 45.5 Å². The van der Waals surface area contributed by atoms with Gasteiger partial charge in [0.15, 0.2) is 0 Å². The van der Waals surface area contributed by atoms with Crippen LogP contribution < -0.4 is 10.6 Å². The SMILES string of the molecule is COC(=O)N[C@@H](C(=O)N1[C@H](C)CC[C@H]1c1nc(-c2ccc(-c3ccc(-c4nc([C@@H]5C[C@H]6C#C[C@H]6N5C(=O)[C@H](NC(=O)OC)[C@@H]5CCCOC5)[nH]c4Cl)cc3)cc2)c(Cl)[nH]1)[C@@H]1CCCOC1. The maximum Gasteiger partial charge on any atom is 0.407 e. The number of halogens is 2. The molecule has 0 saturated carbocycles. The quantitative estimate of drug-likeness (QED) is 0.113. The minimum absolute atomic E-state index is 0.00944. The number of hydrogen-bond acceptors (Lipinski definition) is 10. The maximum atomic E-state index is 14.3. The van der Waals surface area contributed by atoms with E-state index in [2.05, 4.69) is 32.4 Å². The zero-order valence-electron chi connectivity index (χ0n) is 36.4. The van der Waals surface area contributed by atoms with Crippen LogP contribution in [-0.2, 0) is 28.5 Å². The fraction of sp³-hybridized carbons (Fsp3) is 0.489. The number of carbonyl (C=O) groups is 4. The number of hydrogen-bond donors (Lipinski definition) is 4. The van der Waals surface area contributed by atoms with Gasteiger partial charge in [-0.1, -0.05) is 83.6 Å². The van der Waals surface area contributed by atoms with Gasteiger partial charge in [-0.25, -0.2) is 19.6 Å². The molecular formula is C47H52Cl2N8O8. The van der Waals surface area contributed by atoms with E-state index < -0.39 is 30.3 Å². The van der Waals surface area contributed by atoms with Gasteiger partial charge >= 0.3 is 12.2 Å². The number of rotatable bonds is 11. The minimum atomic E-state index is -0.838. The molecule has 0 radical (unpaired) electrons. The van der Waals surface area contributed by atoms with Gasteiger partial charge in [-0.15, -0.1) is 0 Å². The summed E-state index contributed by atoms with van der Waals surface area (Å²) >= 11 is 13.6. The number of aromatic amines is 2. The number of carbonyl (C=O) groups excluding carboxylic acids is 4. The number of methoxy groups -OCH3 is 2. The molecule has 4 saturated heterocycles. The maximum absolute atomic E-state index is 14.3. The van der Waals surface area contributed by atoms with Crippen molar-refractivity contribution in [2.45, 2.75) is 88.1 Å². The Labute approximate surface area is 386 Å². The standard InChI is InChI=1S/C47H52Cl2N8O8/c1-25-8-18-34(56(25)44(58)38(52-46(60)62-2)31-6-4-20-64-23-31)42-50-36(40(48)54-42)28-13-9-26(10-14-28)27-11-15-29(16-12-27)37-41(49)55-43(51-37)35-22-30-17-19-33(30)57(35)45(59)39(53-47(61)63-3)32-7-5-21-65-24-32/h9-16,25,30-35,38-39H,4-8,18,20-24H2,1-3H3,(H,50,54)(H,51,55)(H,52,60)(H,53,61)/t25-,30-,31-,32-,33-,34+,35+,38-,39-/m1/s1. The molecule has 1 aliphatic carbocycles. The van der Waals surface area contributed by atoms with Gasteiger partial charge in [0.2, 0.25) is 11.8 Å². The first-order chi connectivity index (χ1) is 31.5. The number of nitrogens with one attached hydrogen (secondary N) is 4. The first-order valence-corrected chi connectivity index (χ1v) is 23.0. The highest BCUT2D eigenvalue weighted by molar-refractivity contribution is 6.32. The number of amides is 4. The largest absolute Gasteiger partial charge is 0.453 e. The van der Waals surface area contributed by atoms with Gasteiger partial charge in [0.25, 0.3) is 0 Å². The van der Waals surface area contributed by atoms with Gasteiger partial charge in [0.05, 0.1) is 45.4 Å². The molecule has 0 unspecified atom stereocenters. The monoisotopic (exact) mass is 926 g/mol. The molecule has 4 aromatic rings. The molecule has 342 valence electrons. The number of H-pyrrole nitrogens is 2. The topological polar surface area (TPSA) is 193 Å². The van der Waals surface area contributed by atoms with Crippen molar-refractivity contribution in [1.82, 2.24) is 40.4 Å². The van der Waals surface area contributed by atoms with Gasteiger partial charge in [-0.3, -0.25) is 9.59 Å². The summed E-state index contributed by atoms with van der Waals surface area (Å²) in [6.07, 6.45) is 3.78. The highest BCUT2D eigenvalue weighted by Crippen LogP contribution is 2.44. The van der Waals surface area contributed by atoms with Crippen LogP contribution >= 0.6 is 23.2 Å². The van der Waals surface area contributed by atoms with E-state index in [0.29, 0.717) is 72.6 Å². The molecule has 4 aliphatic heterocycles. The van der Waals surface area contributed by atoms with E-state index in [4.69, 9.17) is 52.1 Å². The van der Waals surface area contributed by atoms with Gasteiger partial charge in [0, 0.05) is 42.2 Å². The molecule has 4 N–H and O–H groups in total. The highest BCUT2D eigenvalue weighted by atomic mass is 35.5. The predicted octanol–water partition coefficient (Wildman–Crippen LogP) is 7.07. The lowest BCUT2D eigenvalue weighted by Gasteiger charge is -2.36. The lowest BCUT2D eigenvalue weighted by atomic mass is 9.90. The van der Waals surface area contributed by atoms with E-state index in [1.807, 2.05) is 60.4 Å². The average Bonchev–Trinajstić information content (AvgIpc) is 4.09. The number of imidazole rings is 2. The van der Waals surface area contributed by atoms with E-state index in [1.165, 1.54) is 14.2 Å². The van der Waals surface area contributed by atoms with Crippen molar-refractivity contribution in [2.75, 3.05) is 40.6 Å². The molecule has 0 spiro atoms. The number of alkyl carbamates (subject to hydrolysis) is 2. The van der Waals surface area contributed by atoms with Crippen molar-refractivity contribution in [1.29, 1.82) is 0 Å². The minimum Gasteiger partial charge on any atom is -0.453 e. The molecule has 16 nitrogen and oxygen atoms in total. The van der Waals surface area contributed by atoms with Crippen LogP contribution in [0.1, 0.15) is 75.6 Å². The molecule has 4 amide bonds. The third-order valence-electron chi connectivity index (χ3n) is 13.5. The van der Waals surface area contributed by atoms with Crippen LogP contribution in [0.5, 0.6) is 0 Å². The first kappa shape index (κ1) is 44.6. The lowest BCUT2D eigenvalue weighted by Crippen LogP contribution is -2.56. The summed E-state index contributed by atoms with van der Waals surface area (Å²) in [6, 6.07) is 13.0. The number of nitrogens with zero attached hydrogens (tertiary/aromatic N) is 4. The summed E-state index contributed by atoms with van der Waals surface area (Å²) in [4.78, 5) is 73.3. The Bertz CT molecular complexity index is 2470. The van der Waals surface area contributed by atoms with Crippen LogP contribution in [0, 0.1) is 29.6 Å². The zero-order chi connectivity index (χ0) is 45.4. The number of aromatic nitrogens is 4. The number of fused-ring (bicyclic) bond motifs is 1. The van der Waals surface area contributed by atoms with E-state index >= 15 is 0 Å². The van der Waals surface area contributed by atoms with Crippen molar-refractivity contribution < 1.29 is 38.1 Å². The number of likely N-dealkylation sites (tertiary alicyclic amines) is 2. The molecule has 6 heterocycles. The summed E-state index contributed by atoms with van der Waals surface area (Å²) in [6.45, 7) is 3.99. The predicted molar refractivity (Wildman–Crippen MR) is 240 cm³/mol. The van der Waals surface area contributed by atoms with E-state index in [0.717, 1.165) is 54.4 Å². The zero-order valence-corrected chi connectivity index (χ0v) is 37.9. The summed E-state index contributed by atoms with van der Waals surface area (Å²) in [5.74, 6) is 6.64. The fourth-order valence-corrected chi connectivity index (χ4v) is 10.5. The molecule has 65 heavy (non-hydrogen) atoms. The fourth-order valence-electron chi connectivity index (χ4n) is 10.0. The van der Waals surface area contributed by atoms with Crippen LogP contribution in [-0.4, -0.2) is 119 Å². The molecule has 9 rings (SSSR count). The second-order valence-electron chi connectivity index (χ2n) is 17.4. The lowest BCUT2D eigenvalue weighted by molar-refractivity contribution is -0.139. The summed E-state index contributed by atoms with van der Waals surface area (Å²) < 4.78 is 21.2. The van der Waals surface area contributed by atoms with Crippen molar-refractivity contribution in [3.63, 3.8) is 0 Å². The summed E-state index contributed by atoms with van der Waals surface area (Å²) in [5.41, 5.74) is 4.66. The average molecular weight is 928 g/mol. The molecule has 2 aromatic heterocycles. The second kappa shape index (κ2) is 19.1. The first-order valence-electron chi connectivity index (χ1n) is 22.2. The Morgan fingerprint density at radius 1 is 0.692 bits per heavy atom. The van der Waals surface area contributed by atoms with Crippen LogP contribution in [0.2, 0.25) is 10.3 Å². The Morgan fingerprint density at radius 2 is 1.17 bits per heavy atom. The Morgan fingerprint density at radius 3 is 1.62 bits per heavy atom. The van der Waals surface area contributed by atoms with E-state index in [9.17, 15) is 19.2 Å². The van der Waals surface area contributed by atoms with E-state index in [-0.39, 0.29) is 47.7 Å².